The van der Waals surface area contributed by atoms with E-state index >= 15 is 0 Å². The lowest BCUT2D eigenvalue weighted by molar-refractivity contribution is -0.127. The van der Waals surface area contributed by atoms with E-state index in [1.54, 1.807) is 0 Å². The van der Waals surface area contributed by atoms with Crippen LogP contribution in [0.4, 0.5) is 0 Å². The van der Waals surface area contributed by atoms with Crippen LogP contribution in [0.5, 0.6) is 5.75 Å². The largest absolute Gasteiger partial charge is 0.481 e. The summed E-state index contributed by atoms with van der Waals surface area (Å²) in [5.41, 5.74) is 5.35. The van der Waals surface area contributed by atoms with Gasteiger partial charge in [0.2, 0.25) is 0 Å². The van der Waals surface area contributed by atoms with Crippen molar-refractivity contribution in [2.45, 2.75) is 51.4 Å². The second-order valence-corrected chi connectivity index (χ2v) is 8.24. The smallest absolute Gasteiger partial charge is 0.260 e. The lowest BCUT2D eigenvalue weighted by atomic mass is 9.91. The first-order chi connectivity index (χ1) is 13.1. The summed E-state index contributed by atoms with van der Waals surface area (Å²) in [6, 6.07) is 14.6. The fraction of sp³-hybridized carbons (Fsp3) is 0.435. The molecule has 0 fully saturated rings. The molecule has 1 aliphatic carbocycles. The summed E-state index contributed by atoms with van der Waals surface area (Å²) in [5.74, 6) is 2.71. The number of thioether (sulfide) groups is 1. The predicted molar refractivity (Wildman–Crippen MR) is 114 cm³/mol. The van der Waals surface area contributed by atoms with Crippen LogP contribution in [0.3, 0.4) is 0 Å². The first-order valence-electron chi connectivity index (χ1n) is 9.82. The van der Waals surface area contributed by atoms with Gasteiger partial charge in [0.25, 0.3) is 5.91 Å². The Hall–Kier alpha value is -1.94. The quantitative estimate of drug-likeness (QED) is 0.672. The number of hydrogen-bond donors (Lipinski definition) is 1. The van der Waals surface area contributed by atoms with Gasteiger partial charge in [0.1, 0.15) is 5.75 Å². The van der Waals surface area contributed by atoms with Crippen LogP contribution >= 0.6 is 11.8 Å². The van der Waals surface area contributed by atoms with Crippen molar-refractivity contribution in [1.29, 1.82) is 0 Å². The molecule has 0 aliphatic heterocycles. The molecule has 0 heterocycles. The van der Waals surface area contributed by atoms with Crippen LogP contribution in [-0.4, -0.2) is 24.3 Å². The lowest BCUT2D eigenvalue weighted by Gasteiger charge is -2.22. The molecule has 0 saturated carbocycles. The van der Waals surface area contributed by atoms with Gasteiger partial charge in [0.05, 0.1) is 0 Å². The highest BCUT2D eigenvalue weighted by Crippen LogP contribution is 2.30. The number of carbonyl (C=O) groups excluding carboxylic acids is 1. The lowest BCUT2D eigenvalue weighted by Crippen LogP contribution is -2.37. The average molecular weight is 384 g/mol. The van der Waals surface area contributed by atoms with E-state index in [0.717, 1.165) is 30.1 Å². The number of fused-ring (bicyclic) bond motifs is 1. The molecule has 0 aromatic heterocycles. The Labute approximate surface area is 166 Å². The Morgan fingerprint density at radius 2 is 1.96 bits per heavy atom. The van der Waals surface area contributed by atoms with Gasteiger partial charge in [-0.1, -0.05) is 36.4 Å². The van der Waals surface area contributed by atoms with E-state index in [2.05, 4.69) is 42.6 Å². The average Bonchev–Trinajstić information content (AvgIpc) is 2.69. The summed E-state index contributed by atoms with van der Waals surface area (Å²) in [6.07, 6.45) is 4.14. The zero-order valence-electron chi connectivity index (χ0n) is 16.3. The number of ether oxygens (including phenoxy) is 1. The highest BCUT2D eigenvalue weighted by atomic mass is 32.2. The van der Waals surface area contributed by atoms with Crippen LogP contribution in [0.2, 0.25) is 0 Å². The number of hydrogen-bond acceptors (Lipinski definition) is 3. The van der Waals surface area contributed by atoms with E-state index in [9.17, 15) is 4.79 Å². The molecule has 2 aromatic rings. The molecule has 27 heavy (non-hydrogen) atoms. The predicted octanol–water partition coefficient (Wildman–Crippen LogP) is 4.69. The third-order valence-corrected chi connectivity index (χ3v) is 6.10. The van der Waals surface area contributed by atoms with Crippen LogP contribution in [0, 0.1) is 6.92 Å². The van der Waals surface area contributed by atoms with Gasteiger partial charge in [-0.15, -0.1) is 0 Å². The van der Waals surface area contributed by atoms with Crippen molar-refractivity contribution in [1.82, 2.24) is 5.32 Å². The molecule has 1 N–H and O–H groups in total. The second-order valence-electron chi connectivity index (χ2n) is 7.13. The minimum absolute atomic E-state index is 0.0418. The standard InChI is InChI=1S/C23H29NO2S/c1-17-8-3-4-10-20(17)16-27-15-14-24-23(25)18(2)26-22-13-7-11-19-9-5-6-12-21(19)22/h3-4,7-8,10-11,13,18H,5-6,9,12,14-16H2,1-2H3,(H,24,25). The number of rotatable bonds is 8. The molecule has 0 bridgehead atoms. The number of aryl methyl sites for hydroxylation is 2. The molecular weight excluding hydrogens is 354 g/mol. The van der Waals surface area contributed by atoms with Crippen molar-refractivity contribution in [3.05, 3.63) is 64.7 Å². The molecular formula is C23H29NO2S. The van der Waals surface area contributed by atoms with E-state index < -0.39 is 6.10 Å². The molecule has 144 valence electrons. The summed E-state index contributed by atoms with van der Waals surface area (Å²) < 4.78 is 6.00. The van der Waals surface area contributed by atoms with Crippen molar-refractivity contribution in [2.75, 3.05) is 12.3 Å². The first-order valence-corrected chi connectivity index (χ1v) is 11.0. The molecule has 1 atom stereocenters. The molecule has 0 spiro atoms. The maximum atomic E-state index is 12.4. The summed E-state index contributed by atoms with van der Waals surface area (Å²) in [6.45, 7) is 4.63. The van der Waals surface area contributed by atoms with Crippen molar-refractivity contribution >= 4 is 17.7 Å². The maximum absolute atomic E-state index is 12.4. The highest BCUT2D eigenvalue weighted by molar-refractivity contribution is 7.98. The van der Waals surface area contributed by atoms with Gasteiger partial charge >= 0.3 is 0 Å². The SMILES string of the molecule is Cc1ccccc1CSCCNC(=O)C(C)Oc1cccc2c1CCCC2. The summed E-state index contributed by atoms with van der Waals surface area (Å²) in [7, 11) is 0. The highest BCUT2D eigenvalue weighted by Gasteiger charge is 2.19. The molecule has 3 rings (SSSR count). The Morgan fingerprint density at radius 3 is 2.81 bits per heavy atom. The van der Waals surface area contributed by atoms with E-state index in [4.69, 9.17) is 4.74 Å². The summed E-state index contributed by atoms with van der Waals surface area (Å²) in [4.78, 5) is 12.4. The molecule has 0 saturated heterocycles. The molecule has 4 heteroatoms. The molecule has 0 radical (unpaired) electrons. The van der Waals surface area contributed by atoms with Crippen LogP contribution in [0.25, 0.3) is 0 Å². The normalized spacial score (nSPS) is 14.3. The zero-order valence-corrected chi connectivity index (χ0v) is 17.1. The number of nitrogens with one attached hydrogen (secondary N) is 1. The minimum Gasteiger partial charge on any atom is -0.481 e. The van der Waals surface area contributed by atoms with Gasteiger partial charge in [-0.3, -0.25) is 4.79 Å². The number of amides is 1. The maximum Gasteiger partial charge on any atom is 0.260 e. The minimum atomic E-state index is -0.472. The number of carbonyl (C=O) groups is 1. The third kappa shape index (κ3) is 5.52. The topological polar surface area (TPSA) is 38.3 Å². The van der Waals surface area contributed by atoms with Crippen molar-refractivity contribution in [3.63, 3.8) is 0 Å². The van der Waals surface area contributed by atoms with Crippen molar-refractivity contribution < 1.29 is 9.53 Å². The Kier molecular flexibility index (Phi) is 7.22. The molecule has 2 aromatic carbocycles. The van der Waals surface area contributed by atoms with Gasteiger partial charge in [0.15, 0.2) is 6.10 Å². The van der Waals surface area contributed by atoms with Crippen LogP contribution in [-0.2, 0) is 23.4 Å². The van der Waals surface area contributed by atoms with E-state index in [0.29, 0.717) is 6.54 Å². The summed E-state index contributed by atoms with van der Waals surface area (Å²) >= 11 is 1.84. The van der Waals surface area contributed by atoms with Crippen molar-refractivity contribution in [3.8, 4) is 5.75 Å². The molecule has 1 amide bonds. The van der Waals surface area contributed by atoms with Gasteiger partial charge in [-0.2, -0.15) is 11.8 Å². The van der Waals surface area contributed by atoms with E-state index in [-0.39, 0.29) is 5.91 Å². The Morgan fingerprint density at radius 1 is 1.15 bits per heavy atom. The van der Waals surface area contributed by atoms with E-state index in [1.165, 1.54) is 35.1 Å². The summed E-state index contributed by atoms with van der Waals surface area (Å²) in [5, 5.41) is 3.00. The third-order valence-electron chi connectivity index (χ3n) is 5.09. The Bertz CT molecular complexity index is 775. The van der Waals surface area contributed by atoms with Gasteiger partial charge in [-0.25, -0.2) is 0 Å². The van der Waals surface area contributed by atoms with Crippen LogP contribution in [0.1, 0.15) is 42.0 Å². The van der Waals surface area contributed by atoms with Gasteiger partial charge in [-0.05, 0) is 67.9 Å². The van der Waals surface area contributed by atoms with Gasteiger partial charge < -0.3 is 10.1 Å². The monoisotopic (exact) mass is 383 g/mol. The van der Waals surface area contributed by atoms with Crippen LogP contribution in [0.15, 0.2) is 42.5 Å². The molecule has 3 nitrogen and oxygen atoms in total. The van der Waals surface area contributed by atoms with Crippen LogP contribution < -0.4 is 10.1 Å². The zero-order chi connectivity index (χ0) is 19.1. The fourth-order valence-corrected chi connectivity index (χ4v) is 4.38. The van der Waals surface area contributed by atoms with Gasteiger partial charge in [0, 0.05) is 18.1 Å². The number of benzene rings is 2. The molecule has 1 aliphatic rings. The van der Waals surface area contributed by atoms with E-state index in [1.807, 2.05) is 30.8 Å². The first kappa shape index (κ1) is 19.8. The fourth-order valence-electron chi connectivity index (χ4n) is 3.44. The molecule has 1 unspecified atom stereocenters. The Balaban J connectivity index is 1.41. The second kappa shape index (κ2) is 9.84. The van der Waals surface area contributed by atoms with Crippen molar-refractivity contribution in [2.24, 2.45) is 0 Å².